The molecule has 2 aliphatic heterocycles. The van der Waals surface area contributed by atoms with E-state index < -0.39 is 0 Å². The van der Waals surface area contributed by atoms with E-state index in [1.54, 1.807) is 0 Å². The minimum absolute atomic E-state index is 0.0244. The minimum atomic E-state index is -0.276. The van der Waals surface area contributed by atoms with Gasteiger partial charge in [0.15, 0.2) is 0 Å². The summed E-state index contributed by atoms with van der Waals surface area (Å²) >= 11 is 0. The van der Waals surface area contributed by atoms with Crippen LogP contribution in [0.4, 0.5) is 0 Å². The van der Waals surface area contributed by atoms with Crippen molar-refractivity contribution >= 4 is 11.8 Å². The maximum atomic E-state index is 12.6. The van der Waals surface area contributed by atoms with Gasteiger partial charge in [0.1, 0.15) is 0 Å². The Hall–Kier alpha value is -2.50. The summed E-state index contributed by atoms with van der Waals surface area (Å²) in [6.45, 7) is 5.69. The largest absolute Gasteiger partial charge is 0.290 e. The van der Waals surface area contributed by atoms with E-state index in [9.17, 15) is 9.59 Å². The van der Waals surface area contributed by atoms with E-state index in [1.165, 1.54) is 16.0 Å². The Kier molecular flexibility index (Phi) is 5.55. The van der Waals surface area contributed by atoms with Crippen molar-refractivity contribution in [3.05, 3.63) is 71.8 Å². The van der Waals surface area contributed by atoms with Gasteiger partial charge in [-0.05, 0) is 18.1 Å². The highest BCUT2D eigenvalue weighted by atomic mass is 16.2. The van der Waals surface area contributed by atoms with Crippen molar-refractivity contribution in [3.63, 3.8) is 0 Å². The first-order valence-electron chi connectivity index (χ1n) is 10.1. The maximum Gasteiger partial charge on any atom is 0.247 e. The number of piperazine rings is 1. The molecule has 1 atom stereocenters. The molecular weight excluding hydrogens is 350 g/mol. The number of likely N-dealkylation sites (N-methyl/N-ethyl adjacent to an activating group) is 1. The number of rotatable bonds is 5. The van der Waals surface area contributed by atoms with E-state index in [0.29, 0.717) is 13.0 Å². The molecule has 0 unspecified atom stereocenters. The molecule has 5 heteroatoms. The molecule has 2 heterocycles. The van der Waals surface area contributed by atoms with Crippen LogP contribution < -0.4 is 0 Å². The second-order valence-corrected chi connectivity index (χ2v) is 7.49. The smallest absolute Gasteiger partial charge is 0.247 e. The molecule has 5 nitrogen and oxygen atoms in total. The topological polar surface area (TPSA) is 43.9 Å². The molecule has 0 bridgehead atoms. The zero-order chi connectivity index (χ0) is 19.5. The highest BCUT2D eigenvalue weighted by Gasteiger charge is 2.42. The number of amides is 2. The van der Waals surface area contributed by atoms with Gasteiger partial charge in [-0.3, -0.25) is 24.3 Å². The van der Waals surface area contributed by atoms with Gasteiger partial charge in [0.05, 0.1) is 18.5 Å². The molecular formula is C23H27N3O2. The van der Waals surface area contributed by atoms with Gasteiger partial charge in [-0.25, -0.2) is 0 Å². The van der Waals surface area contributed by atoms with E-state index in [2.05, 4.69) is 58.3 Å². The van der Waals surface area contributed by atoms with Gasteiger partial charge < -0.3 is 0 Å². The number of imide groups is 1. The molecule has 2 aromatic carbocycles. The predicted molar refractivity (Wildman–Crippen MR) is 109 cm³/mol. The summed E-state index contributed by atoms with van der Waals surface area (Å²) in [6, 6.07) is 21.1. The van der Waals surface area contributed by atoms with Gasteiger partial charge in [0.25, 0.3) is 0 Å². The fraction of sp³-hybridized carbons (Fsp3) is 0.391. The molecule has 2 aromatic rings. The van der Waals surface area contributed by atoms with E-state index in [-0.39, 0.29) is 23.9 Å². The lowest BCUT2D eigenvalue weighted by molar-refractivity contribution is -0.139. The van der Waals surface area contributed by atoms with Crippen LogP contribution >= 0.6 is 0 Å². The van der Waals surface area contributed by atoms with Gasteiger partial charge >= 0.3 is 0 Å². The predicted octanol–water partition coefficient (Wildman–Crippen LogP) is 2.54. The first-order valence-corrected chi connectivity index (χ1v) is 10.1. The van der Waals surface area contributed by atoms with E-state index in [4.69, 9.17) is 0 Å². The third-order valence-electron chi connectivity index (χ3n) is 5.92. The Morgan fingerprint density at radius 1 is 0.857 bits per heavy atom. The molecule has 2 aliphatic rings. The Morgan fingerprint density at radius 2 is 1.39 bits per heavy atom. The highest BCUT2D eigenvalue weighted by molar-refractivity contribution is 6.05. The number of nitrogens with zero attached hydrogens (tertiary/aromatic N) is 3. The summed E-state index contributed by atoms with van der Waals surface area (Å²) in [6.07, 6.45) is 0.327. The zero-order valence-corrected chi connectivity index (χ0v) is 16.3. The van der Waals surface area contributed by atoms with Crippen molar-refractivity contribution in [3.8, 4) is 0 Å². The lowest BCUT2D eigenvalue weighted by Gasteiger charge is -2.41. The quantitative estimate of drug-likeness (QED) is 0.751. The highest BCUT2D eigenvalue weighted by Crippen LogP contribution is 2.30. The number of hydrogen-bond donors (Lipinski definition) is 0. The lowest BCUT2D eigenvalue weighted by atomic mass is 9.96. The Morgan fingerprint density at radius 3 is 1.86 bits per heavy atom. The van der Waals surface area contributed by atoms with Crippen LogP contribution in [0, 0.1) is 0 Å². The second-order valence-electron chi connectivity index (χ2n) is 7.49. The molecule has 2 saturated heterocycles. The molecule has 0 aromatic heterocycles. The average molecular weight is 377 g/mol. The molecule has 0 aliphatic carbocycles. The summed E-state index contributed by atoms with van der Waals surface area (Å²) in [4.78, 5) is 30.7. The third-order valence-corrected chi connectivity index (χ3v) is 5.92. The molecule has 146 valence electrons. The molecule has 2 fully saturated rings. The van der Waals surface area contributed by atoms with Crippen LogP contribution in [0.1, 0.15) is 30.5 Å². The van der Waals surface area contributed by atoms with E-state index >= 15 is 0 Å². The lowest BCUT2D eigenvalue weighted by Crippen LogP contribution is -2.53. The summed E-state index contributed by atoms with van der Waals surface area (Å²) in [7, 11) is 0. The molecule has 0 radical (unpaired) electrons. The van der Waals surface area contributed by atoms with Crippen LogP contribution in [0.2, 0.25) is 0 Å². The molecule has 4 rings (SSSR count). The van der Waals surface area contributed by atoms with Crippen molar-refractivity contribution in [2.45, 2.75) is 25.4 Å². The number of likely N-dealkylation sites (tertiary alicyclic amines) is 1. The third kappa shape index (κ3) is 3.60. The molecule has 0 saturated carbocycles. The van der Waals surface area contributed by atoms with E-state index in [1.807, 2.05) is 19.1 Å². The first-order chi connectivity index (χ1) is 13.7. The number of carbonyl (C=O) groups excluding carboxylic acids is 2. The van der Waals surface area contributed by atoms with Crippen molar-refractivity contribution < 1.29 is 9.59 Å². The zero-order valence-electron chi connectivity index (χ0n) is 16.3. The Balaban J connectivity index is 1.50. The average Bonchev–Trinajstić information content (AvgIpc) is 3.03. The molecule has 0 spiro atoms. The summed E-state index contributed by atoms with van der Waals surface area (Å²) in [5.41, 5.74) is 2.57. The van der Waals surface area contributed by atoms with Gasteiger partial charge in [0, 0.05) is 32.7 Å². The molecule has 28 heavy (non-hydrogen) atoms. The van der Waals surface area contributed by atoms with Crippen molar-refractivity contribution in [2.24, 2.45) is 0 Å². The monoisotopic (exact) mass is 377 g/mol. The van der Waals surface area contributed by atoms with Crippen LogP contribution in [0.5, 0.6) is 0 Å². The summed E-state index contributed by atoms with van der Waals surface area (Å²) in [5, 5.41) is 0. The minimum Gasteiger partial charge on any atom is -0.290 e. The first kappa shape index (κ1) is 18.8. The molecule has 0 N–H and O–H groups in total. The fourth-order valence-electron chi connectivity index (χ4n) is 4.48. The number of hydrogen-bond acceptors (Lipinski definition) is 4. The van der Waals surface area contributed by atoms with Gasteiger partial charge in [-0.15, -0.1) is 0 Å². The summed E-state index contributed by atoms with van der Waals surface area (Å²) in [5.74, 6) is -0.0602. The summed E-state index contributed by atoms with van der Waals surface area (Å²) < 4.78 is 0. The fourth-order valence-corrected chi connectivity index (χ4v) is 4.48. The van der Waals surface area contributed by atoms with Crippen LogP contribution in [-0.4, -0.2) is 65.3 Å². The Labute approximate surface area is 166 Å². The van der Waals surface area contributed by atoms with Crippen LogP contribution in [0.25, 0.3) is 0 Å². The van der Waals surface area contributed by atoms with Crippen molar-refractivity contribution in [1.82, 2.24) is 14.7 Å². The van der Waals surface area contributed by atoms with Crippen molar-refractivity contribution in [1.29, 1.82) is 0 Å². The van der Waals surface area contributed by atoms with Gasteiger partial charge in [0.2, 0.25) is 11.8 Å². The van der Waals surface area contributed by atoms with Gasteiger partial charge in [-0.2, -0.15) is 0 Å². The normalized spacial score (nSPS) is 21.6. The number of benzene rings is 2. The van der Waals surface area contributed by atoms with Crippen LogP contribution in [0.15, 0.2) is 60.7 Å². The van der Waals surface area contributed by atoms with Crippen LogP contribution in [0.3, 0.4) is 0 Å². The van der Waals surface area contributed by atoms with Crippen LogP contribution in [-0.2, 0) is 9.59 Å². The standard InChI is InChI=1S/C23H27N3O2/c1-2-26-21(27)17-20(23(26)28)24-13-15-25(16-14-24)22(18-9-5-3-6-10-18)19-11-7-4-8-12-19/h3-12,20,22H,2,13-17H2,1H3/t20-/m0/s1. The molecule has 2 amide bonds. The van der Waals surface area contributed by atoms with Crippen molar-refractivity contribution in [2.75, 3.05) is 32.7 Å². The number of carbonyl (C=O) groups is 2. The Bertz CT molecular complexity index is 777. The SMILES string of the molecule is CCN1C(=O)C[C@H](N2CCN(C(c3ccccc3)c3ccccc3)CC2)C1=O. The maximum absolute atomic E-state index is 12.6. The van der Waals surface area contributed by atoms with E-state index in [0.717, 1.165) is 26.2 Å². The van der Waals surface area contributed by atoms with Gasteiger partial charge in [-0.1, -0.05) is 60.7 Å². The second kappa shape index (κ2) is 8.25.